The number of ether oxygens (including phenoxy) is 1. The number of rotatable bonds is 6. The van der Waals surface area contributed by atoms with Crippen molar-refractivity contribution >= 4 is 11.8 Å². The lowest BCUT2D eigenvalue weighted by molar-refractivity contribution is -0.139. The monoisotopic (exact) mass is 353 g/mol. The lowest BCUT2D eigenvalue weighted by Gasteiger charge is -2.39. The van der Waals surface area contributed by atoms with Gasteiger partial charge in [0.1, 0.15) is 0 Å². The highest BCUT2D eigenvalue weighted by Crippen LogP contribution is 2.40. The highest BCUT2D eigenvalue weighted by Gasteiger charge is 2.32. The van der Waals surface area contributed by atoms with Crippen molar-refractivity contribution in [2.45, 2.75) is 58.9 Å². The molecule has 2 fully saturated rings. The van der Waals surface area contributed by atoms with Crippen LogP contribution in [0.15, 0.2) is 0 Å². The quantitative estimate of drug-likeness (QED) is 0.711. The summed E-state index contributed by atoms with van der Waals surface area (Å²) in [6, 6.07) is 0.140. The maximum atomic E-state index is 12.1. The Balaban J connectivity index is 1.63. The van der Waals surface area contributed by atoms with Gasteiger partial charge < -0.3 is 15.4 Å². The first-order valence-electron chi connectivity index (χ1n) is 9.81. The minimum absolute atomic E-state index is 0.140. The van der Waals surface area contributed by atoms with Crippen LogP contribution in [0.2, 0.25) is 0 Å². The normalized spacial score (nSPS) is 25.4. The summed E-state index contributed by atoms with van der Waals surface area (Å²) in [4.78, 5) is 26.3. The van der Waals surface area contributed by atoms with Gasteiger partial charge in [-0.25, -0.2) is 0 Å². The van der Waals surface area contributed by atoms with Crippen molar-refractivity contribution in [3.05, 3.63) is 0 Å². The van der Waals surface area contributed by atoms with Gasteiger partial charge in [-0.3, -0.25) is 14.5 Å². The van der Waals surface area contributed by atoms with Gasteiger partial charge in [0, 0.05) is 32.2 Å². The average Bonchev–Trinajstić information content (AvgIpc) is 2.63. The lowest BCUT2D eigenvalue weighted by Crippen LogP contribution is -2.48. The largest absolute Gasteiger partial charge is 0.379 e. The molecule has 2 amide bonds. The van der Waals surface area contributed by atoms with Gasteiger partial charge in [-0.2, -0.15) is 0 Å². The maximum Gasteiger partial charge on any atom is 0.309 e. The van der Waals surface area contributed by atoms with Crippen LogP contribution in [0.4, 0.5) is 0 Å². The van der Waals surface area contributed by atoms with E-state index in [1.54, 1.807) is 0 Å². The molecule has 6 nitrogen and oxygen atoms in total. The fraction of sp³-hybridized carbons (Fsp3) is 0.895. The molecule has 1 saturated heterocycles. The minimum atomic E-state index is -0.510. The summed E-state index contributed by atoms with van der Waals surface area (Å²) >= 11 is 0. The van der Waals surface area contributed by atoms with Crippen LogP contribution in [0.25, 0.3) is 0 Å². The van der Waals surface area contributed by atoms with E-state index in [0.29, 0.717) is 17.9 Å². The van der Waals surface area contributed by atoms with Crippen LogP contribution in [-0.4, -0.2) is 62.1 Å². The van der Waals surface area contributed by atoms with Crippen LogP contribution >= 0.6 is 0 Å². The fourth-order valence-corrected chi connectivity index (χ4v) is 3.79. The Morgan fingerprint density at radius 3 is 2.32 bits per heavy atom. The Morgan fingerprint density at radius 2 is 1.72 bits per heavy atom. The molecule has 1 saturated carbocycles. The summed E-state index contributed by atoms with van der Waals surface area (Å²) in [6.45, 7) is 11.4. The number of carbonyl (C=O) groups is 2. The standard InChI is InChI=1S/C19H35N3O3/c1-4-19(2,3)15-5-7-16(8-6-15)21-18(24)17(23)20-9-10-22-11-13-25-14-12-22/h15-16H,4-14H2,1-3H3,(H,20,23)(H,21,24). The maximum absolute atomic E-state index is 12.1. The molecule has 0 bridgehead atoms. The summed E-state index contributed by atoms with van der Waals surface area (Å²) in [5.41, 5.74) is 0.367. The van der Waals surface area contributed by atoms with Crippen molar-refractivity contribution in [3.63, 3.8) is 0 Å². The van der Waals surface area contributed by atoms with Crippen LogP contribution in [0.1, 0.15) is 52.9 Å². The Labute approximate surface area is 152 Å². The van der Waals surface area contributed by atoms with E-state index < -0.39 is 11.8 Å². The van der Waals surface area contributed by atoms with E-state index in [1.165, 1.54) is 6.42 Å². The highest BCUT2D eigenvalue weighted by atomic mass is 16.5. The Kier molecular flexibility index (Phi) is 7.69. The summed E-state index contributed by atoms with van der Waals surface area (Å²) in [7, 11) is 0. The second-order valence-corrected chi connectivity index (χ2v) is 8.07. The Hall–Kier alpha value is -1.14. The summed E-state index contributed by atoms with van der Waals surface area (Å²) in [6.07, 6.45) is 5.39. The fourth-order valence-electron chi connectivity index (χ4n) is 3.79. The number of nitrogens with one attached hydrogen (secondary N) is 2. The first-order chi connectivity index (χ1) is 11.9. The van der Waals surface area contributed by atoms with E-state index in [9.17, 15) is 9.59 Å². The third-order valence-electron chi connectivity index (χ3n) is 6.10. The summed E-state index contributed by atoms with van der Waals surface area (Å²) in [5, 5.41) is 5.64. The van der Waals surface area contributed by atoms with Crippen molar-refractivity contribution in [2.75, 3.05) is 39.4 Å². The average molecular weight is 354 g/mol. The predicted octanol–water partition coefficient (Wildman–Crippen LogP) is 1.55. The van der Waals surface area contributed by atoms with E-state index in [-0.39, 0.29) is 6.04 Å². The minimum Gasteiger partial charge on any atom is -0.379 e. The second-order valence-electron chi connectivity index (χ2n) is 8.07. The van der Waals surface area contributed by atoms with Crippen molar-refractivity contribution < 1.29 is 14.3 Å². The first-order valence-corrected chi connectivity index (χ1v) is 9.81. The summed E-state index contributed by atoms with van der Waals surface area (Å²) < 4.78 is 5.29. The van der Waals surface area contributed by atoms with Crippen molar-refractivity contribution in [1.82, 2.24) is 15.5 Å². The van der Waals surface area contributed by atoms with E-state index in [1.807, 2.05) is 0 Å². The van der Waals surface area contributed by atoms with Crippen LogP contribution in [-0.2, 0) is 14.3 Å². The molecule has 25 heavy (non-hydrogen) atoms. The van der Waals surface area contributed by atoms with Gasteiger partial charge in [-0.15, -0.1) is 0 Å². The molecule has 2 N–H and O–H groups in total. The van der Waals surface area contributed by atoms with Gasteiger partial charge in [-0.05, 0) is 37.0 Å². The molecule has 0 spiro atoms. The molecular formula is C19H35N3O3. The highest BCUT2D eigenvalue weighted by molar-refractivity contribution is 6.35. The van der Waals surface area contributed by atoms with Gasteiger partial charge in [0.15, 0.2) is 0 Å². The van der Waals surface area contributed by atoms with Gasteiger partial charge in [-0.1, -0.05) is 27.2 Å². The van der Waals surface area contributed by atoms with Gasteiger partial charge >= 0.3 is 11.8 Å². The molecule has 1 aliphatic heterocycles. The Bertz CT molecular complexity index is 439. The van der Waals surface area contributed by atoms with E-state index in [0.717, 1.165) is 58.5 Å². The van der Waals surface area contributed by atoms with Crippen LogP contribution in [0.3, 0.4) is 0 Å². The molecule has 6 heteroatoms. The smallest absolute Gasteiger partial charge is 0.309 e. The number of carbonyl (C=O) groups excluding carboxylic acids is 2. The van der Waals surface area contributed by atoms with Crippen molar-refractivity contribution in [3.8, 4) is 0 Å². The molecule has 0 atom stereocenters. The molecule has 0 aromatic heterocycles. The molecule has 0 radical (unpaired) electrons. The number of amides is 2. The number of nitrogens with zero attached hydrogens (tertiary/aromatic N) is 1. The van der Waals surface area contributed by atoms with Crippen molar-refractivity contribution in [2.24, 2.45) is 11.3 Å². The third-order valence-corrected chi connectivity index (χ3v) is 6.10. The van der Waals surface area contributed by atoms with Crippen LogP contribution in [0.5, 0.6) is 0 Å². The SMILES string of the molecule is CCC(C)(C)C1CCC(NC(=O)C(=O)NCCN2CCOCC2)CC1. The van der Waals surface area contributed by atoms with Gasteiger partial charge in [0.25, 0.3) is 0 Å². The number of hydrogen-bond acceptors (Lipinski definition) is 4. The van der Waals surface area contributed by atoms with Crippen molar-refractivity contribution in [1.29, 1.82) is 0 Å². The second kappa shape index (κ2) is 9.53. The first kappa shape index (κ1) is 20.2. The molecule has 0 aromatic rings. The number of hydrogen-bond donors (Lipinski definition) is 2. The predicted molar refractivity (Wildman–Crippen MR) is 98.2 cm³/mol. The van der Waals surface area contributed by atoms with Gasteiger partial charge in [0.2, 0.25) is 0 Å². The zero-order chi connectivity index (χ0) is 18.3. The molecule has 0 unspecified atom stereocenters. The topological polar surface area (TPSA) is 70.7 Å². The summed E-state index contributed by atoms with van der Waals surface area (Å²) in [5.74, 6) is -0.280. The zero-order valence-corrected chi connectivity index (χ0v) is 16.1. The van der Waals surface area contributed by atoms with Crippen LogP contribution in [0, 0.1) is 11.3 Å². The van der Waals surface area contributed by atoms with Gasteiger partial charge in [0.05, 0.1) is 13.2 Å². The molecule has 2 aliphatic rings. The molecule has 144 valence electrons. The number of morpholine rings is 1. The third kappa shape index (κ3) is 6.26. The molecule has 1 aliphatic carbocycles. The zero-order valence-electron chi connectivity index (χ0n) is 16.1. The van der Waals surface area contributed by atoms with E-state index in [2.05, 4.69) is 36.3 Å². The Morgan fingerprint density at radius 1 is 1.08 bits per heavy atom. The molecule has 2 rings (SSSR count). The van der Waals surface area contributed by atoms with E-state index >= 15 is 0 Å². The van der Waals surface area contributed by atoms with Crippen LogP contribution < -0.4 is 10.6 Å². The lowest BCUT2D eigenvalue weighted by atomic mass is 9.69. The molecule has 1 heterocycles. The molecular weight excluding hydrogens is 318 g/mol. The van der Waals surface area contributed by atoms with E-state index in [4.69, 9.17) is 4.74 Å². The molecule has 0 aromatic carbocycles.